The van der Waals surface area contributed by atoms with Crippen LogP contribution in [-0.2, 0) is 14.2 Å². The summed E-state index contributed by atoms with van der Waals surface area (Å²) in [6, 6.07) is 16.6. The molecule has 2 unspecified atom stereocenters. The minimum absolute atomic E-state index is 0.0372. The lowest BCUT2D eigenvalue weighted by atomic mass is 10.1. The van der Waals surface area contributed by atoms with E-state index in [9.17, 15) is 19.5 Å². The molecule has 0 aliphatic carbocycles. The van der Waals surface area contributed by atoms with Crippen molar-refractivity contribution in [3.63, 3.8) is 0 Å². The number of nitrogens with one attached hydrogen (secondary N) is 2. The number of fused-ring (bicyclic) bond motifs is 1. The van der Waals surface area contributed by atoms with Crippen LogP contribution in [0.2, 0.25) is 0 Å². The van der Waals surface area contributed by atoms with Gasteiger partial charge in [-0.25, -0.2) is 14.6 Å². The lowest BCUT2D eigenvalue weighted by Crippen LogP contribution is -2.43. The molecule has 0 spiro atoms. The van der Waals surface area contributed by atoms with Crippen molar-refractivity contribution in [1.82, 2.24) is 19.5 Å². The van der Waals surface area contributed by atoms with Gasteiger partial charge in [0.2, 0.25) is 5.95 Å². The molecular weight excluding hydrogens is 530 g/mol. The Kier molecular flexibility index (Phi) is 8.13. The summed E-state index contributed by atoms with van der Waals surface area (Å²) in [6.07, 6.45) is -4.46. The highest BCUT2D eigenvalue weighted by Gasteiger charge is 2.53. The minimum atomic E-state index is -1.24. The zero-order chi connectivity index (χ0) is 29.1. The average Bonchev–Trinajstić information content (AvgIpc) is 3.54. The number of aliphatic hydroxyl groups is 1. The third kappa shape index (κ3) is 5.98. The number of benzene rings is 2. The second-order valence-corrected chi connectivity index (χ2v) is 10.2. The van der Waals surface area contributed by atoms with Crippen LogP contribution >= 0.6 is 0 Å². The topological polar surface area (TPSA) is 158 Å². The molecule has 1 aliphatic heterocycles. The number of anilines is 1. The van der Waals surface area contributed by atoms with E-state index in [2.05, 4.69) is 20.3 Å². The van der Waals surface area contributed by atoms with Crippen molar-refractivity contribution in [2.75, 3.05) is 11.9 Å². The molecule has 3 heterocycles. The molecule has 12 heteroatoms. The van der Waals surface area contributed by atoms with E-state index >= 15 is 0 Å². The number of carbonyl (C=O) groups is 2. The molecule has 0 radical (unpaired) electrons. The largest absolute Gasteiger partial charge is 0.452 e. The summed E-state index contributed by atoms with van der Waals surface area (Å²) >= 11 is 0. The van der Waals surface area contributed by atoms with Crippen LogP contribution in [0.3, 0.4) is 0 Å². The van der Waals surface area contributed by atoms with Gasteiger partial charge < -0.3 is 24.6 Å². The monoisotopic (exact) mass is 561 g/mol. The minimum Gasteiger partial charge on any atom is -0.452 e. The first-order chi connectivity index (χ1) is 19.7. The first-order valence-corrected chi connectivity index (χ1v) is 13.3. The SMILES string of the molecule is CC(C)CNc1nc2c(ncn2[C@@H]2O[C@H](C(C)O)[C@H](OC(=O)c3ccccc3)C2OC(=O)c2ccccc2)c(=O)[nH]1. The molecule has 2 aromatic carbocycles. The van der Waals surface area contributed by atoms with Gasteiger partial charge in [-0.2, -0.15) is 4.98 Å². The number of hydrogen-bond donors (Lipinski definition) is 3. The van der Waals surface area contributed by atoms with Crippen LogP contribution in [0.15, 0.2) is 71.8 Å². The number of esters is 2. The number of rotatable bonds is 9. The van der Waals surface area contributed by atoms with Crippen molar-refractivity contribution in [2.45, 2.75) is 51.4 Å². The maximum atomic E-state index is 13.2. The van der Waals surface area contributed by atoms with Gasteiger partial charge in [0.1, 0.15) is 6.10 Å². The van der Waals surface area contributed by atoms with Crippen molar-refractivity contribution in [3.8, 4) is 0 Å². The first-order valence-electron chi connectivity index (χ1n) is 13.3. The molecule has 12 nitrogen and oxygen atoms in total. The van der Waals surface area contributed by atoms with Gasteiger partial charge in [0.25, 0.3) is 5.56 Å². The van der Waals surface area contributed by atoms with Crippen LogP contribution in [0, 0.1) is 5.92 Å². The Morgan fingerprint density at radius 2 is 1.59 bits per heavy atom. The number of aliphatic hydroxyl groups excluding tert-OH is 1. The van der Waals surface area contributed by atoms with Crippen molar-refractivity contribution >= 4 is 29.1 Å². The van der Waals surface area contributed by atoms with Crippen LogP contribution in [0.4, 0.5) is 5.95 Å². The van der Waals surface area contributed by atoms with E-state index in [1.165, 1.54) is 17.8 Å². The first kappa shape index (κ1) is 28.0. The summed E-state index contributed by atoms with van der Waals surface area (Å²) in [7, 11) is 0. The van der Waals surface area contributed by atoms with Crippen LogP contribution < -0.4 is 10.9 Å². The second kappa shape index (κ2) is 11.9. The van der Waals surface area contributed by atoms with E-state index in [1.54, 1.807) is 60.7 Å². The summed E-state index contributed by atoms with van der Waals surface area (Å²) in [5.74, 6) is -0.858. The summed E-state index contributed by atoms with van der Waals surface area (Å²) in [5, 5.41) is 13.7. The third-order valence-corrected chi connectivity index (χ3v) is 6.59. The molecule has 41 heavy (non-hydrogen) atoms. The zero-order valence-corrected chi connectivity index (χ0v) is 22.8. The fourth-order valence-corrected chi connectivity index (χ4v) is 4.57. The molecule has 1 fully saturated rings. The standard InChI is InChI=1S/C29H31N5O7/c1-16(2)14-30-29-32-24-20(25(36)33-29)31-15-34(24)26-23(41-28(38)19-12-8-5-9-13-19)22(21(39-26)17(3)35)40-27(37)18-10-6-4-7-11-18/h4-13,15-17,21-23,26,35H,14H2,1-3H3,(H2,30,32,33,36)/t17?,21-,22+,23?,26-/m1/s1. The van der Waals surface area contributed by atoms with Gasteiger partial charge >= 0.3 is 11.9 Å². The number of ether oxygens (including phenoxy) is 3. The Morgan fingerprint density at radius 1 is 1.00 bits per heavy atom. The smallest absolute Gasteiger partial charge is 0.338 e. The fraction of sp³-hybridized carbons (Fsp3) is 0.345. The van der Waals surface area contributed by atoms with Gasteiger partial charge in [-0.3, -0.25) is 14.3 Å². The van der Waals surface area contributed by atoms with Crippen LogP contribution in [0.25, 0.3) is 11.2 Å². The quantitative estimate of drug-likeness (QED) is 0.260. The summed E-state index contributed by atoms with van der Waals surface area (Å²) < 4.78 is 19.4. The van der Waals surface area contributed by atoms with E-state index in [1.807, 2.05) is 13.8 Å². The Labute approximate surface area is 235 Å². The molecule has 2 aromatic heterocycles. The molecule has 5 rings (SSSR count). The van der Waals surface area contributed by atoms with Gasteiger partial charge in [0, 0.05) is 6.54 Å². The number of nitrogens with zero attached hydrogens (tertiary/aromatic N) is 3. The molecule has 1 saturated heterocycles. The van der Waals surface area contributed by atoms with Gasteiger partial charge in [-0.15, -0.1) is 0 Å². The van der Waals surface area contributed by atoms with Crippen LogP contribution in [0.5, 0.6) is 0 Å². The van der Waals surface area contributed by atoms with E-state index < -0.39 is 48.1 Å². The summed E-state index contributed by atoms with van der Waals surface area (Å²) in [5.41, 5.74) is 0.260. The van der Waals surface area contributed by atoms with Gasteiger partial charge in [-0.1, -0.05) is 50.2 Å². The lowest BCUT2D eigenvalue weighted by molar-refractivity contribution is -0.0808. The number of H-pyrrole nitrogens is 1. The maximum Gasteiger partial charge on any atom is 0.338 e. The fourth-order valence-electron chi connectivity index (χ4n) is 4.57. The number of aromatic nitrogens is 4. The van der Waals surface area contributed by atoms with E-state index in [0.29, 0.717) is 6.54 Å². The highest BCUT2D eigenvalue weighted by molar-refractivity contribution is 5.90. The molecule has 214 valence electrons. The average molecular weight is 562 g/mol. The van der Waals surface area contributed by atoms with Crippen LogP contribution in [-0.4, -0.2) is 67.5 Å². The Bertz CT molecular complexity index is 1570. The Hall–Kier alpha value is -4.55. The van der Waals surface area contributed by atoms with Crippen LogP contribution in [0.1, 0.15) is 47.7 Å². The van der Waals surface area contributed by atoms with Crippen molar-refractivity contribution in [2.24, 2.45) is 5.92 Å². The molecule has 3 N–H and O–H groups in total. The number of imidazole rings is 1. The van der Waals surface area contributed by atoms with Gasteiger partial charge in [-0.05, 0) is 37.1 Å². The molecule has 0 bridgehead atoms. The number of hydrogen-bond acceptors (Lipinski definition) is 10. The Balaban J connectivity index is 1.56. The maximum absolute atomic E-state index is 13.2. The van der Waals surface area contributed by atoms with E-state index in [4.69, 9.17) is 14.2 Å². The predicted octanol–water partition coefficient (Wildman–Crippen LogP) is 2.92. The van der Waals surface area contributed by atoms with Crippen molar-refractivity contribution < 1.29 is 28.9 Å². The van der Waals surface area contributed by atoms with E-state index in [0.717, 1.165) is 0 Å². The molecule has 4 aromatic rings. The van der Waals surface area contributed by atoms with Crippen molar-refractivity contribution in [1.29, 1.82) is 0 Å². The summed E-state index contributed by atoms with van der Waals surface area (Å²) in [6.45, 7) is 6.06. The Morgan fingerprint density at radius 3 is 2.15 bits per heavy atom. The zero-order valence-electron chi connectivity index (χ0n) is 22.8. The molecule has 5 atom stereocenters. The predicted molar refractivity (Wildman–Crippen MR) is 148 cm³/mol. The number of aromatic amines is 1. The van der Waals surface area contributed by atoms with Gasteiger partial charge in [0.15, 0.2) is 29.6 Å². The second-order valence-electron chi connectivity index (χ2n) is 10.2. The van der Waals surface area contributed by atoms with Gasteiger partial charge in [0.05, 0.1) is 23.6 Å². The molecular formula is C29H31N5O7. The van der Waals surface area contributed by atoms with Crippen molar-refractivity contribution in [3.05, 3.63) is 88.5 Å². The molecule has 0 amide bonds. The highest BCUT2D eigenvalue weighted by atomic mass is 16.6. The summed E-state index contributed by atoms with van der Waals surface area (Å²) in [4.78, 5) is 50.6. The highest BCUT2D eigenvalue weighted by Crippen LogP contribution is 2.37. The molecule has 1 aliphatic rings. The normalized spacial score (nSPS) is 21.1. The van der Waals surface area contributed by atoms with E-state index in [-0.39, 0.29) is 34.2 Å². The number of carbonyl (C=O) groups excluding carboxylic acids is 2. The third-order valence-electron chi connectivity index (χ3n) is 6.59. The lowest BCUT2D eigenvalue weighted by Gasteiger charge is -2.25. The molecule has 0 saturated carbocycles.